The predicted octanol–water partition coefficient (Wildman–Crippen LogP) is 3.52. The van der Waals surface area contributed by atoms with Crippen molar-refractivity contribution in [3.8, 4) is 11.5 Å². The monoisotopic (exact) mass is 478 g/mol. The molecule has 0 saturated heterocycles. The number of hydrogen-bond acceptors (Lipinski definition) is 8. The van der Waals surface area contributed by atoms with E-state index in [9.17, 15) is 14.4 Å². The second-order valence-electron chi connectivity index (χ2n) is 9.54. The average Bonchev–Trinajstić information content (AvgIpc) is 2.70. The summed E-state index contributed by atoms with van der Waals surface area (Å²) in [7, 11) is 3.00. The molecule has 0 saturated carbocycles. The number of nitrogens with zero attached hydrogens (tertiary/aromatic N) is 1. The molecule has 0 bridgehead atoms. The molecule has 2 rings (SSSR count). The van der Waals surface area contributed by atoms with E-state index in [2.05, 4.69) is 0 Å². The fraction of sp³-hybridized carbons (Fsp3) is 0.600. The zero-order chi connectivity index (χ0) is 25.8. The van der Waals surface area contributed by atoms with Gasteiger partial charge < -0.3 is 23.7 Å². The van der Waals surface area contributed by atoms with Crippen LogP contribution in [0.1, 0.15) is 59.6 Å². The standard InChI is InChI=1S/C25H36NO8/c1-14(2)32-22(27)20(23(28)33-15(3)4)21-17-13-19(31-9)18(30-8)12-16(17)10-11-26(21)24(29)34-25(5,6)7/h12-15,20H,10-11H2,1-9H3/q+1. The Morgan fingerprint density at radius 3 is 1.82 bits per heavy atom. The molecule has 0 aromatic heterocycles. The van der Waals surface area contributed by atoms with Gasteiger partial charge in [-0.15, -0.1) is 4.58 Å². The van der Waals surface area contributed by atoms with E-state index in [1.54, 1.807) is 60.6 Å². The molecule has 0 aliphatic carbocycles. The molecule has 1 aromatic carbocycles. The van der Waals surface area contributed by atoms with Gasteiger partial charge >= 0.3 is 18.0 Å². The van der Waals surface area contributed by atoms with Gasteiger partial charge in [-0.3, -0.25) is 9.59 Å². The number of rotatable bonds is 7. The van der Waals surface area contributed by atoms with Crippen LogP contribution in [0.5, 0.6) is 11.5 Å². The molecule has 0 radical (unpaired) electrons. The van der Waals surface area contributed by atoms with Crippen LogP contribution in [0, 0.1) is 5.92 Å². The fourth-order valence-corrected chi connectivity index (χ4v) is 3.60. The van der Waals surface area contributed by atoms with Crippen LogP contribution in [-0.2, 0) is 30.2 Å². The highest BCUT2D eigenvalue weighted by Crippen LogP contribution is 2.34. The molecule has 1 aromatic rings. The van der Waals surface area contributed by atoms with Crippen LogP contribution in [0.2, 0.25) is 0 Å². The molecule has 1 aliphatic rings. The first-order valence-electron chi connectivity index (χ1n) is 11.3. The Morgan fingerprint density at radius 1 is 0.882 bits per heavy atom. The topological polar surface area (TPSA) is 100 Å². The van der Waals surface area contributed by atoms with Gasteiger partial charge in [0.15, 0.2) is 18.0 Å². The van der Waals surface area contributed by atoms with Gasteiger partial charge in [0.1, 0.15) is 5.60 Å². The molecule has 34 heavy (non-hydrogen) atoms. The number of ether oxygens (including phenoxy) is 5. The number of carbonyl (C=O) groups is 3. The molecule has 0 atom stereocenters. The highest BCUT2D eigenvalue weighted by molar-refractivity contribution is 6.22. The molecule has 1 amide bonds. The van der Waals surface area contributed by atoms with Crippen LogP contribution in [0.15, 0.2) is 12.1 Å². The lowest BCUT2D eigenvalue weighted by Gasteiger charge is -2.25. The summed E-state index contributed by atoms with van der Waals surface area (Å²) in [4.78, 5) is 39.7. The number of esters is 2. The number of fused-ring (bicyclic) bond motifs is 1. The summed E-state index contributed by atoms with van der Waals surface area (Å²) in [6.07, 6.45) is -1.19. The number of hydrogen-bond donors (Lipinski definition) is 0. The Balaban J connectivity index is 2.83. The maximum atomic E-state index is 13.2. The zero-order valence-corrected chi connectivity index (χ0v) is 21.5. The third-order valence-electron chi connectivity index (χ3n) is 4.84. The van der Waals surface area contributed by atoms with Crippen LogP contribution in [0.25, 0.3) is 0 Å². The van der Waals surface area contributed by atoms with Gasteiger partial charge in [-0.1, -0.05) is 0 Å². The quantitative estimate of drug-likeness (QED) is 0.254. The Bertz CT molecular complexity index is 950. The lowest BCUT2D eigenvalue weighted by atomic mass is 9.88. The van der Waals surface area contributed by atoms with Crippen molar-refractivity contribution in [3.05, 3.63) is 23.3 Å². The molecule has 0 N–H and O–H groups in total. The van der Waals surface area contributed by atoms with E-state index < -0.39 is 41.8 Å². The van der Waals surface area contributed by atoms with Gasteiger partial charge in [-0.05, 0) is 66.2 Å². The number of methoxy groups -OCH3 is 2. The van der Waals surface area contributed by atoms with Gasteiger partial charge in [0.2, 0.25) is 11.6 Å². The summed E-state index contributed by atoms with van der Waals surface area (Å²) in [5.41, 5.74) is 0.619. The molecule has 1 heterocycles. The minimum atomic E-state index is -1.51. The molecule has 1 aliphatic heterocycles. The van der Waals surface area contributed by atoms with Gasteiger partial charge in [0.25, 0.3) is 0 Å². The van der Waals surface area contributed by atoms with Crippen molar-refractivity contribution < 1.29 is 42.6 Å². The van der Waals surface area contributed by atoms with Crippen LogP contribution in [-0.4, -0.2) is 66.9 Å². The largest absolute Gasteiger partial charge is 0.597 e. The van der Waals surface area contributed by atoms with Gasteiger partial charge in [-0.2, -0.15) is 4.79 Å². The van der Waals surface area contributed by atoms with E-state index in [0.717, 1.165) is 5.56 Å². The molecule has 9 nitrogen and oxygen atoms in total. The van der Waals surface area contributed by atoms with Crippen molar-refractivity contribution in [1.29, 1.82) is 0 Å². The zero-order valence-electron chi connectivity index (χ0n) is 21.5. The Morgan fingerprint density at radius 2 is 1.38 bits per heavy atom. The third-order valence-corrected chi connectivity index (χ3v) is 4.84. The molecular weight excluding hydrogens is 442 g/mol. The predicted molar refractivity (Wildman–Crippen MR) is 125 cm³/mol. The van der Waals surface area contributed by atoms with E-state index in [1.165, 1.54) is 18.8 Å². The SMILES string of the molecule is COc1cc2c(cc1OC)C(C(C(=O)OC(C)C)C(=O)OC(C)C)=[N+](C(=O)OC(C)(C)C)CC2. The lowest BCUT2D eigenvalue weighted by Crippen LogP contribution is -2.47. The first kappa shape index (κ1) is 27.1. The van der Waals surface area contributed by atoms with Crippen molar-refractivity contribution in [2.45, 2.75) is 72.7 Å². The summed E-state index contributed by atoms with van der Waals surface area (Å²) >= 11 is 0. The Hall–Kier alpha value is -3.10. The summed E-state index contributed by atoms with van der Waals surface area (Å²) in [6, 6.07) is 3.43. The second-order valence-corrected chi connectivity index (χ2v) is 9.54. The summed E-state index contributed by atoms with van der Waals surface area (Å²) in [6.45, 7) is 12.1. The minimum absolute atomic E-state index is 0.132. The van der Waals surface area contributed by atoms with Crippen LogP contribution < -0.4 is 9.47 Å². The Labute approximate surface area is 201 Å². The lowest BCUT2D eigenvalue weighted by molar-refractivity contribution is -0.453. The van der Waals surface area contributed by atoms with E-state index in [-0.39, 0.29) is 12.3 Å². The van der Waals surface area contributed by atoms with Crippen LogP contribution >= 0.6 is 0 Å². The third kappa shape index (κ3) is 6.48. The molecule has 9 heteroatoms. The second kappa shape index (κ2) is 10.9. The van der Waals surface area contributed by atoms with Gasteiger partial charge in [-0.25, -0.2) is 0 Å². The smallest absolute Gasteiger partial charge is 0.493 e. The van der Waals surface area contributed by atoms with Gasteiger partial charge in [0.05, 0.1) is 32.0 Å². The molecular formula is C25H36NO8+. The Kier molecular flexibility index (Phi) is 8.69. The van der Waals surface area contributed by atoms with E-state index >= 15 is 0 Å². The van der Waals surface area contributed by atoms with E-state index in [0.29, 0.717) is 23.5 Å². The van der Waals surface area contributed by atoms with E-state index in [1.807, 2.05) is 0 Å². The molecule has 0 unspecified atom stereocenters. The van der Waals surface area contributed by atoms with Crippen LogP contribution in [0.3, 0.4) is 0 Å². The molecule has 0 fully saturated rings. The first-order valence-corrected chi connectivity index (χ1v) is 11.3. The molecule has 188 valence electrons. The summed E-state index contributed by atoms with van der Waals surface area (Å²) in [5.74, 6) is -2.25. The number of benzene rings is 1. The van der Waals surface area contributed by atoms with Gasteiger partial charge in [0, 0.05) is 6.42 Å². The number of amides is 1. The van der Waals surface area contributed by atoms with Crippen molar-refractivity contribution >= 4 is 23.7 Å². The summed E-state index contributed by atoms with van der Waals surface area (Å²) < 4.78 is 28.6. The molecule has 0 spiro atoms. The van der Waals surface area contributed by atoms with Crippen molar-refractivity contribution in [2.24, 2.45) is 5.92 Å². The fourth-order valence-electron chi connectivity index (χ4n) is 3.60. The minimum Gasteiger partial charge on any atom is -0.493 e. The van der Waals surface area contributed by atoms with Crippen molar-refractivity contribution in [1.82, 2.24) is 0 Å². The average molecular weight is 479 g/mol. The van der Waals surface area contributed by atoms with Crippen molar-refractivity contribution in [3.63, 3.8) is 0 Å². The van der Waals surface area contributed by atoms with Crippen molar-refractivity contribution in [2.75, 3.05) is 20.8 Å². The normalized spacial score (nSPS) is 13.6. The summed E-state index contributed by atoms with van der Waals surface area (Å²) in [5, 5.41) is 0. The maximum Gasteiger partial charge on any atom is 0.597 e. The maximum absolute atomic E-state index is 13.2. The number of carbonyl (C=O) groups excluding carboxylic acids is 3. The first-order chi connectivity index (χ1) is 15.8. The van der Waals surface area contributed by atoms with Crippen LogP contribution in [0.4, 0.5) is 4.79 Å². The highest BCUT2D eigenvalue weighted by Gasteiger charge is 2.48. The van der Waals surface area contributed by atoms with E-state index in [4.69, 9.17) is 23.7 Å². The highest BCUT2D eigenvalue weighted by atomic mass is 16.6.